The predicted octanol–water partition coefficient (Wildman–Crippen LogP) is 0.952. The standard InChI is InChI=1S/C16H25NO3/c1-10-8-12(18)15-4-2-6-17-7-3-5-16(15,17)13(19)9-11(15)14(10)20/h10-12,14,18,20H,2-9H2,1H3/t10?,11?,12-,14+,15?,16-/m0/s1. The zero-order valence-corrected chi connectivity index (χ0v) is 12.2. The smallest absolute Gasteiger partial charge is 0.154 e. The highest BCUT2D eigenvalue weighted by Gasteiger charge is 2.74. The van der Waals surface area contributed by atoms with E-state index in [0.717, 1.165) is 38.8 Å². The van der Waals surface area contributed by atoms with Gasteiger partial charge in [0.2, 0.25) is 0 Å². The molecule has 0 bridgehead atoms. The molecule has 4 heteroatoms. The average Bonchev–Trinajstić information content (AvgIpc) is 2.96. The van der Waals surface area contributed by atoms with Gasteiger partial charge in [-0.1, -0.05) is 6.92 Å². The highest BCUT2D eigenvalue weighted by atomic mass is 16.3. The summed E-state index contributed by atoms with van der Waals surface area (Å²) in [6.07, 6.45) is 4.15. The normalized spacial score (nSPS) is 55.5. The van der Waals surface area contributed by atoms with Crippen LogP contribution < -0.4 is 0 Å². The number of hydrogen-bond acceptors (Lipinski definition) is 4. The SMILES string of the molecule is CC1C[C@H](O)C23CCCN4CCC[C@@]42C(=O)CC3[C@@H]1O. The first kappa shape index (κ1) is 13.2. The number of ketones is 1. The third-order valence-electron chi connectivity index (χ3n) is 7.01. The van der Waals surface area contributed by atoms with Crippen molar-refractivity contribution in [2.75, 3.05) is 13.1 Å². The Hall–Kier alpha value is -0.450. The van der Waals surface area contributed by atoms with Crippen molar-refractivity contribution < 1.29 is 15.0 Å². The second-order valence-electron chi connectivity index (χ2n) is 7.55. The first-order valence-electron chi connectivity index (χ1n) is 8.18. The van der Waals surface area contributed by atoms with Crippen LogP contribution in [0.1, 0.15) is 45.4 Å². The molecule has 112 valence electrons. The Bertz CT molecular complexity index is 453. The molecule has 2 N–H and O–H groups in total. The number of carbonyl (C=O) groups is 1. The second kappa shape index (κ2) is 4.05. The van der Waals surface area contributed by atoms with E-state index < -0.39 is 17.7 Å². The summed E-state index contributed by atoms with van der Waals surface area (Å²) in [4.78, 5) is 15.3. The summed E-state index contributed by atoms with van der Waals surface area (Å²) in [6, 6.07) is 0. The van der Waals surface area contributed by atoms with E-state index in [1.54, 1.807) is 0 Å². The van der Waals surface area contributed by atoms with Gasteiger partial charge in [-0.3, -0.25) is 9.69 Å². The van der Waals surface area contributed by atoms with Crippen molar-refractivity contribution in [2.24, 2.45) is 17.3 Å². The summed E-state index contributed by atoms with van der Waals surface area (Å²) in [5.74, 6) is 0.363. The van der Waals surface area contributed by atoms with Crippen LogP contribution in [0, 0.1) is 17.3 Å². The summed E-state index contributed by atoms with van der Waals surface area (Å²) in [6.45, 7) is 3.97. The van der Waals surface area contributed by atoms with Gasteiger partial charge in [0.1, 0.15) is 0 Å². The molecule has 20 heavy (non-hydrogen) atoms. The van der Waals surface area contributed by atoms with Crippen LogP contribution in [0.4, 0.5) is 0 Å². The molecule has 2 spiro atoms. The maximum Gasteiger partial charge on any atom is 0.154 e. The lowest BCUT2D eigenvalue weighted by molar-refractivity contribution is -0.186. The maximum atomic E-state index is 12.9. The lowest BCUT2D eigenvalue weighted by Crippen LogP contribution is -2.69. The van der Waals surface area contributed by atoms with Crippen molar-refractivity contribution in [1.82, 2.24) is 4.90 Å². The van der Waals surface area contributed by atoms with E-state index in [1.165, 1.54) is 0 Å². The number of nitrogens with zero attached hydrogens (tertiary/aromatic N) is 1. The molecule has 2 aliphatic carbocycles. The lowest BCUT2D eigenvalue weighted by Gasteiger charge is -2.59. The number of rotatable bonds is 0. The van der Waals surface area contributed by atoms with E-state index in [1.807, 2.05) is 6.92 Å². The minimum absolute atomic E-state index is 0.0327. The molecule has 0 radical (unpaired) electrons. The molecule has 0 aromatic carbocycles. The molecular weight excluding hydrogens is 254 g/mol. The summed E-state index contributed by atoms with van der Waals surface area (Å²) in [5, 5.41) is 21.6. The fraction of sp³-hybridized carbons (Fsp3) is 0.938. The van der Waals surface area contributed by atoms with Crippen molar-refractivity contribution in [2.45, 2.75) is 63.2 Å². The number of carbonyl (C=O) groups excluding carboxylic acids is 1. The van der Waals surface area contributed by atoms with Crippen LogP contribution in [0.5, 0.6) is 0 Å². The van der Waals surface area contributed by atoms with Gasteiger partial charge < -0.3 is 10.2 Å². The molecule has 4 rings (SSSR count). The molecule has 2 heterocycles. The summed E-state index contributed by atoms with van der Waals surface area (Å²) in [5.41, 5.74) is -0.818. The Morgan fingerprint density at radius 1 is 1.20 bits per heavy atom. The van der Waals surface area contributed by atoms with E-state index in [2.05, 4.69) is 4.90 Å². The quantitative estimate of drug-likeness (QED) is 0.693. The molecule has 2 saturated heterocycles. The van der Waals surface area contributed by atoms with Gasteiger partial charge in [0.05, 0.1) is 17.7 Å². The first-order chi connectivity index (χ1) is 9.54. The number of Topliss-reactive ketones (excluding diaryl/α,β-unsaturated/α-hetero) is 1. The fourth-order valence-corrected chi connectivity index (χ4v) is 6.31. The van der Waals surface area contributed by atoms with Gasteiger partial charge in [-0.2, -0.15) is 0 Å². The third kappa shape index (κ3) is 1.23. The van der Waals surface area contributed by atoms with Gasteiger partial charge in [0, 0.05) is 17.8 Å². The zero-order valence-electron chi connectivity index (χ0n) is 12.2. The summed E-state index contributed by atoms with van der Waals surface area (Å²) < 4.78 is 0. The van der Waals surface area contributed by atoms with Gasteiger partial charge in [-0.25, -0.2) is 0 Å². The molecule has 4 aliphatic rings. The molecule has 4 nitrogen and oxygen atoms in total. The van der Waals surface area contributed by atoms with Crippen LogP contribution in [0.2, 0.25) is 0 Å². The minimum atomic E-state index is -0.448. The van der Waals surface area contributed by atoms with Gasteiger partial charge in [0.25, 0.3) is 0 Å². The molecule has 4 fully saturated rings. The summed E-state index contributed by atoms with van der Waals surface area (Å²) >= 11 is 0. The Kier molecular flexibility index (Phi) is 2.68. The molecule has 2 saturated carbocycles. The highest BCUT2D eigenvalue weighted by Crippen LogP contribution is 2.65. The van der Waals surface area contributed by atoms with Crippen molar-refractivity contribution in [1.29, 1.82) is 0 Å². The number of piperidine rings is 1. The molecule has 0 aromatic heterocycles. The molecule has 0 amide bonds. The largest absolute Gasteiger partial charge is 0.393 e. The van der Waals surface area contributed by atoms with E-state index in [-0.39, 0.29) is 17.3 Å². The second-order valence-corrected chi connectivity index (χ2v) is 7.55. The number of hydrogen-bond donors (Lipinski definition) is 2. The Labute approximate surface area is 120 Å². The molecule has 6 atom stereocenters. The van der Waals surface area contributed by atoms with Crippen LogP contribution in [0.15, 0.2) is 0 Å². The van der Waals surface area contributed by atoms with E-state index in [9.17, 15) is 15.0 Å². The predicted molar refractivity (Wildman–Crippen MR) is 74.1 cm³/mol. The van der Waals surface area contributed by atoms with Crippen LogP contribution >= 0.6 is 0 Å². The van der Waals surface area contributed by atoms with Crippen molar-refractivity contribution >= 4 is 5.78 Å². The van der Waals surface area contributed by atoms with Gasteiger partial charge in [-0.15, -0.1) is 0 Å². The molecule has 0 aromatic rings. The van der Waals surface area contributed by atoms with Crippen LogP contribution in [0.3, 0.4) is 0 Å². The monoisotopic (exact) mass is 279 g/mol. The van der Waals surface area contributed by atoms with Crippen LogP contribution in [-0.2, 0) is 4.79 Å². The van der Waals surface area contributed by atoms with E-state index >= 15 is 0 Å². The Balaban J connectivity index is 1.88. The zero-order chi connectivity index (χ0) is 14.1. The number of aliphatic hydroxyl groups excluding tert-OH is 2. The van der Waals surface area contributed by atoms with Gasteiger partial charge in [0.15, 0.2) is 5.78 Å². The third-order valence-corrected chi connectivity index (χ3v) is 7.01. The molecule has 2 aliphatic heterocycles. The molecule has 3 unspecified atom stereocenters. The average molecular weight is 279 g/mol. The lowest BCUT2D eigenvalue weighted by atomic mass is 9.52. The van der Waals surface area contributed by atoms with E-state index in [0.29, 0.717) is 18.6 Å². The minimum Gasteiger partial charge on any atom is -0.393 e. The van der Waals surface area contributed by atoms with Crippen LogP contribution in [-0.4, -0.2) is 51.7 Å². The van der Waals surface area contributed by atoms with Crippen molar-refractivity contribution in [3.8, 4) is 0 Å². The Morgan fingerprint density at radius 2 is 1.90 bits per heavy atom. The van der Waals surface area contributed by atoms with E-state index in [4.69, 9.17) is 0 Å². The summed E-state index contributed by atoms with van der Waals surface area (Å²) in [7, 11) is 0. The van der Waals surface area contributed by atoms with Gasteiger partial charge >= 0.3 is 0 Å². The first-order valence-corrected chi connectivity index (χ1v) is 8.18. The number of aliphatic hydroxyl groups is 2. The fourth-order valence-electron chi connectivity index (χ4n) is 6.31. The van der Waals surface area contributed by atoms with Gasteiger partial charge in [-0.05, 0) is 51.1 Å². The maximum absolute atomic E-state index is 12.9. The van der Waals surface area contributed by atoms with Crippen molar-refractivity contribution in [3.05, 3.63) is 0 Å². The molecular formula is C16H25NO3. The van der Waals surface area contributed by atoms with Crippen molar-refractivity contribution in [3.63, 3.8) is 0 Å². The highest BCUT2D eigenvalue weighted by molar-refractivity contribution is 5.93. The Morgan fingerprint density at radius 3 is 2.65 bits per heavy atom. The van der Waals surface area contributed by atoms with Crippen LogP contribution in [0.25, 0.3) is 0 Å². The topological polar surface area (TPSA) is 60.8 Å².